The minimum Gasteiger partial charge on any atom is -0.508 e. The number of phenols is 1. The predicted octanol–water partition coefficient (Wildman–Crippen LogP) is 5.11. The van der Waals surface area contributed by atoms with Gasteiger partial charge in [-0.2, -0.15) is 0 Å². The molecule has 2 aromatic carbocycles. The molecule has 0 bridgehead atoms. The quantitative estimate of drug-likeness (QED) is 0.391. The second-order valence-corrected chi connectivity index (χ2v) is 9.22. The van der Waals surface area contributed by atoms with Gasteiger partial charge in [0.25, 0.3) is 0 Å². The standard InChI is InChI=1S/C29H33NO6/c1-5-6-12-36-29(33)26-17(2)30-22-14-20(18-10-11-24(34-3)25(16-18)35-4)15-23(32)28(22)27(26)19-8-7-9-21(31)13-19/h7-11,13,16,20,27,30-31H,5-6,12,14-15H2,1-4H3/t20-,27-/m1/s1. The van der Waals surface area contributed by atoms with Crippen LogP contribution >= 0.6 is 0 Å². The van der Waals surface area contributed by atoms with Crippen molar-refractivity contribution in [1.29, 1.82) is 0 Å². The molecule has 4 rings (SSSR count). The second-order valence-electron chi connectivity index (χ2n) is 9.22. The zero-order chi connectivity index (χ0) is 25.8. The van der Waals surface area contributed by atoms with Gasteiger partial charge in [0.05, 0.1) is 26.4 Å². The SMILES string of the molecule is CCCCOC(=O)C1=C(C)NC2=C(C(=O)C[C@H](c3ccc(OC)c(OC)c3)C2)[C@@H]1c1cccc(O)c1. The van der Waals surface area contributed by atoms with Crippen LogP contribution in [0.2, 0.25) is 0 Å². The average Bonchev–Trinajstić information content (AvgIpc) is 2.87. The number of allylic oxidation sites excluding steroid dienone is 3. The molecule has 7 nitrogen and oxygen atoms in total. The fraction of sp³-hybridized carbons (Fsp3) is 0.379. The van der Waals surface area contributed by atoms with E-state index in [2.05, 4.69) is 5.32 Å². The molecule has 0 saturated heterocycles. The molecule has 0 radical (unpaired) electrons. The highest BCUT2D eigenvalue weighted by atomic mass is 16.5. The smallest absolute Gasteiger partial charge is 0.336 e. The summed E-state index contributed by atoms with van der Waals surface area (Å²) in [5.41, 5.74) is 4.09. The van der Waals surface area contributed by atoms with E-state index in [1.54, 1.807) is 32.4 Å². The summed E-state index contributed by atoms with van der Waals surface area (Å²) >= 11 is 0. The van der Waals surface area contributed by atoms with Crippen LogP contribution in [0.15, 0.2) is 65.0 Å². The van der Waals surface area contributed by atoms with Gasteiger partial charge in [-0.1, -0.05) is 31.5 Å². The number of unbranched alkanes of at least 4 members (excludes halogenated alkanes) is 1. The van der Waals surface area contributed by atoms with Crippen LogP contribution < -0.4 is 14.8 Å². The van der Waals surface area contributed by atoms with E-state index in [0.717, 1.165) is 24.1 Å². The molecule has 36 heavy (non-hydrogen) atoms. The van der Waals surface area contributed by atoms with Gasteiger partial charge < -0.3 is 24.6 Å². The number of nitrogens with one attached hydrogen (secondary N) is 1. The Morgan fingerprint density at radius 3 is 2.53 bits per heavy atom. The van der Waals surface area contributed by atoms with Gasteiger partial charge in [0.15, 0.2) is 17.3 Å². The molecule has 2 aromatic rings. The Bertz CT molecular complexity index is 1230. The van der Waals surface area contributed by atoms with Crippen molar-refractivity contribution in [1.82, 2.24) is 5.32 Å². The highest BCUT2D eigenvalue weighted by Gasteiger charge is 2.41. The highest BCUT2D eigenvalue weighted by Crippen LogP contribution is 2.46. The number of dihydropyridines is 1. The van der Waals surface area contributed by atoms with E-state index < -0.39 is 11.9 Å². The van der Waals surface area contributed by atoms with E-state index in [0.29, 0.717) is 53.4 Å². The van der Waals surface area contributed by atoms with Crippen molar-refractivity contribution >= 4 is 11.8 Å². The normalized spacial score (nSPS) is 19.5. The van der Waals surface area contributed by atoms with E-state index >= 15 is 0 Å². The number of carbonyl (C=O) groups excluding carboxylic acids is 2. The third-order valence-electron chi connectivity index (χ3n) is 6.86. The van der Waals surface area contributed by atoms with Gasteiger partial charge in [-0.05, 0) is 61.1 Å². The third kappa shape index (κ3) is 4.96. The number of ketones is 1. The lowest BCUT2D eigenvalue weighted by atomic mass is 9.71. The predicted molar refractivity (Wildman–Crippen MR) is 136 cm³/mol. The van der Waals surface area contributed by atoms with Gasteiger partial charge in [-0.3, -0.25) is 4.79 Å². The summed E-state index contributed by atoms with van der Waals surface area (Å²) in [6, 6.07) is 12.5. The summed E-state index contributed by atoms with van der Waals surface area (Å²) in [6.07, 6.45) is 2.57. The van der Waals surface area contributed by atoms with Crippen molar-refractivity contribution in [3.8, 4) is 17.2 Å². The van der Waals surface area contributed by atoms with Crippen molar-refractivity contribution in [2.45, 2.75) is 51.4 Å². The fourth-order valence-corrected chi connectivity index (χ4v) is 5.08. The molecule has 7 heteroatoms. The van der Waals surface area contributed by atoms with E-state index in [9.17, 15) is 14.7 Å². The summed E-state index contributed by atoms with van der Waals surface area (Å²) in [5.74, 6) is 0.181. The molecule has 1 heterocycles. The maximum atomic E-state index is 13.7. The number of carbonyl (C=O) groups is 2. The summed E-state index contributed by atoms with van der Waals surface area (Å²) in [6.45, 7) is 4.18. The number of methoxy groups -OCH3 is 2. The maximum Gasteiger partial charge on any atom is 0.336 e. The first-order valence-electron chi connectivity index (χ1n) is 12.3. The number of ether oxygens (including phenoxy) is 3. The number of phenolic OH excluding ortho intramolecular Hbond substituents is 1. The number of aromatic hydroxyl groups is 1. The van der Waals surface area contributed by atoms with E-state index in [1.165, 1.54) is 0 Å². The van der Waals surface area contributed by atoms with Crippen LogP contribution in [0.1, 0.15) is 62.5 Å². The first-order chi connectivity index (χ1) is 17.4. The lowest BCUT2D eigenvalue weighted by Crippen LogP contribution is -2.36. The van der Waals surface area contributed by atoms with Crippen molar-refractivity contribution in [3.63, 3.8) is 0 Å². The molecule has 2 atom stereocenters. The molecule has 0 amide bonds. The van der Waals surface area contributed by atoms with E-state index in [1.807, 2.05) is 38.1 Å². The second kappa shape index (κ2) is 10.9. The number of esters is 1. The molecular weight excluding hydrogens is 458 g/mol. The van der Waals surface area contributed by atoms with Crippen LogP contribution in [-0.2, 0) is 14.3 Å². The zero-order valence-corrected chi connectivity index (χ0v) is 21.2. The van der Waals surface area contributed by atoms with Crippen LogP contribution in [0.25, 0.3) is 0 Å². The average molecular weight is 492 g/mol. The maximum absolute atomic E-state index is 13.7. The minimum atomic E-state index is -0.610. The fourth-order valence-electron chi connectivity index (χ4n) is 5.08. The van der Waals surface area contributed by atoms with Crippen molar-refractivity contribution in [3.05, 3.63) is 76.1 Å². The molecule has 1 aliphatic carbocycles. The largest absolute Gasteiger partial charge is 0.508 e. The van der Waals surface area contributed by atoms with E-state index in [4.69, 9.17) is 14.2 Å². The van der Waals surface area contributed by atoms with Crippen LogP contribution in [0.5, 0.6) is 17.2 Å². The van der Waals surface area contributed by atoms with E-state index in [-0.39, 0.29) is 17.5 Å². The molecule has 190 valence electrons. The Labute approximate surface area is 211 Å². The van der Waals surface area contributed by atoms with Crippen LogP contribution in [0.4, 0.5) is 0 Å². The van der Waals surface area contributed by atoms with Crippen molar-refractivity contribution in [2.24, 2.45) is 0 Å². The molecular formula is C29H33NO6. The number of rotatable bonds is 8. The third-order valence-corrected chi connectivity index (χ3v) is 6.86. The number of hydrogen-bond acceptors (Lipinski definition) is 7. The Balaban J connectivity index is 1.74. The monoisotopic (exact) mass is 491 g/mol. The summed E-state index contributed by atoms with van der Waals surface area (Å²) < 4.78 is 16.4. The summed E-state index contributed by atoms with van der Waals surface area (Å²) in [4.78, 5) is 26.9. The Hall–Kier alpha value is -3.74. The van der Waals surface area contributed by atoms with Crippen molar-refractivity contribution < 1.29 is 28.9 Å². The van der Waals surface area contributed by atoms with Gasteiger partial charge in [0.2, 0.25) is 0 Å². The zero-order valence-electron chi connectivity index (χ0n) is 21.2. The first kappa shape index (κ1) is 25.4. The number of Topliss-reactive ketones (excluding diaryl/α,β-unsaturated/α-hetero) is 1. The van der Waals surface area contributed by atoms with Gasteiger partial charge in [0, 0.05) is 29.3 Å². The van der Waals surface area contributed by atoms with Crippen LogP contribution in [0, 0.1) is 0 Å². The summed E-state index contributed by atoms with van der Waals surface area (Å²) in [5, 5.41) is 13.5. The Morgan fingerprint density at radius 2 is 1.83 bits per heavy atom. The lowest BCUT2D eigenvalue weighted by molar-refractivity contribution is -0.139. The van der Waals surface area contributed by atoms with Gasteiger partial charge in [0.1, 0.15) is 5.75 Å². The molecule has 1 aliphatic heterocycles. The lowest BCUT2D eigenvalue weighted by Gasteiger charge is -2.36. The molecule has 0 spiro atoms. The van der Waals surface area contributed by atoms with Gasteiger partial charge in [-0.25, -0.2) is 4.79 Å². The Morgan fingerprint density at radius 1 is 1.06 bits per heavy atom. The number of benzene rings is 2. The highest BCUT2D eigenvalue weighted by molar-refractivity contribution is 6.04. The molecule has 0 unspecified atom stereocenters. The molecule has 2 aliphatic rings. The molecule has 0 saturated carbocycles. The minimum absolute atomic E-state index is 0.0387. The Kier molecular flexibility index (Phi) is 7.67. The topological polar surface area (TPSA) is 94.1 Å². The molecule has 2 N–H and O–H groups in total. The van der Waals surface area contributed by atoms with Crippen molar-refractivity contribution in [2.75, 3.05) is 20.8 Å². The number of hydrogen-bond donors (Lipinski definition) is 2. The van der Waals surface area contributed by atoms with Crippen LogP contribution in [0.3, 0.4) is 0 Å². The first-order valence-corrected chi connectivity index (χ1v) is 12.3. The van der Waals surface area contributed by atoms with Crippen LogP contribution in [-0.4, -0.2) is 37.7 Å². The molecule has 0 aromatic heterocycles. The molecule has 0 fully saturated rings. The summed E-state index contributed by atoms with van der Waals surface area (Å²) in [7, 11) is 3.18. The van der Waals surface area contributed by atoms with Gasteiger partial charge in [-0.15, -0.1) is 0 Å². The van der Waals surface area contributed by atoms with Gasteiger partial charge >= 0.3 is 5.97 Å².